The normalized spacial score (nSPS) is 12.4. The van der Waals surface area contributed by atoms with Crippen molar-refractivity contribution < 1.29 is 17.6 Å². The summed E-state index contributed by atoms with van der Waals surface area (Å²) in [5.41, 5.74) is 1.13. The van der Waals surface area contributed by atoms with Gasteiger partial charge in [0.1, 0.15) is 5.82 Å². The maximum atomic E-state index is 13.6. The first kappa shape index (κ1) is 16.9. The van der Waals surface area contributed by atoms with Crippen LogP contribution in [-0.2, 0) is 13.1 Å². The highest BCUT2D eigenvalue weighted by Gasteiger charge is 2.29. The van der Waals surface area contributed by atoms with Crippen molar-refractivity contribution in [2.45, 2.75) is 39.2 Å². The Hall–Kier alpha value is -1.14. The fourth-order valence-corrected chi connectivity index (χ4v) is 1.83. The fraction of sp³-hybridized carbons (Fsp3) is 0.571. The Morgan fingerprint density at radius 2 is 1.90 bits per heavy atom. The van der Waals surface area contributed by atoms with E-state index < -0.39 is 18.5 Å². The number of hydrogen-bond acceptors (Lipinski definition) is 2. The molecule has 0 heterocycles. The number of halogens is 4. The summed E-state index contributed by atoms with van der Waals surface area (Å²) in [6.45, 7) is 3.42. The average molecular weight is 292 g/mol. The lowest BCUT2D eigenvalue weighted by Crippen LogP contribution is -2.31. The van der Waals surface area contributed by atoms with Crippen LogP contribution in [0.1, 0.15) is 25.0 Å². The molecule has 0 atom stereocenters. The predicted octanol–water partition coefficient (Wildman–Crippen LogP) is 3.32. The SMILES string of the molecule is CC(C)NCc1ccc(F)c(CN(C)CC(F)(F)F)c1. The molecule has 0 fully saturated rings. The Morgan fingerprint density at radius 3 is 2.45 bits per heavy atom. The third-order valence-electron chi connectivity index (χ3n) is 2.71. The second-order valence-electron chi connectivity index (χ2n) is 5.25. The summed E-state index contributed by atoms with van der Waals surface area (Å²) < 4.78 is 50.4. The van der Waals surface area contributed by atoms with Crippen LogP contribution >= 0.6 is 0 Å². The maximum Gasteiger partial charge on any atom is 0.401 e. The van der Waals surface area contributed by atoms with E-state index in [4.69, 9.17) is 0 Å². The van der Waals surface area contributed by atoms with Crippen LogP contribution in [0.5, 0.6) is 0 Å². The van der Waals surface area contributed by atoms with Gasteiger partial charge in [0, 0.05) is 24.7 Å². The van der Waals surface area contributed by atoms with Gasteiger partial charge in [0.2, 0.25) is 0 Å². The van der Waals surface area contributed by atoms with E-state index in [2.05, 4.69) is 5.32 Å². The molecular weight excluding hydrogens is 272 g/mol. The van der Waals surface area contributed by atoms with E-state index in [0.29, 0.717) is 6.54 Å². The number of alkyl halides is 3. The summed E-state index contributed by atoms with van der Waals surface area (Å²) in [6.07, 6.45) is -4.28. The van der Waals surface area contributed by atoms with Crippen molar-refractivity contribution in [1.82, 2.24) is 10.2 Å². The monoisotopic (exact) mass is 292 g/mol. The molecule has 114 valence electrons. The van der Waals surface area contributed by atoms with Crippen molar-refractivity contribution in [3.8, 4) is 0 Å². The molecule has 0 saturated carbocycles. The molecule has 0 amide bonds. The van der Waals surface area contributed by atoms with Crippen molar-refractivity contribution >= 4 is 0 Å². The summed E-state index contributed by atoms with van der Waals surface area (Å²) in [5.74, 6) is -0.479. The largest absolute Gasteiger partial charge is 0.401 e. The highest BCUT2D eigenvalue weighted by atomic mass is 19.4. The van der Waals surface area contributed by atoms with E-state index in [9.17, 15) is 17.6 Å². The summed E-state index contributed by atoms with van der Waals surface area (Å²) in [5, 5.41) is 3.18. The number of hydrogen-bond donors (Lipinski definition) is 1. The summed E-state index contributed by atoms with van der Waals surface area (Å²) >= 11 is 0. The van der Waals surface area contributed by atoms with Crippen molar-refractivity contribution in [2.24, 2.45) is 0 Å². The number of rotatable bonds is 6. The molecule has 20 heavy (non-hydrogen) atoms. The molecule has 6 heteroatoms. The van der Waals surface area contributed by atoms with Gasteiger partial charge >= 0.3 is 6.18 Å². The Morgan fingerprint density at radius 1 is 1.25 bits per heavy atom. The standard InChI is InChI=1S/C14H20F4N2/c1-10(2)19-7-11-4-5-13(15)12(6-11)8-20(3)9-14(16,17)18/h4-6,10,19H,7-9H2,1-3H3. The molecule has 1 rings (SSSR count). The van der Waals surface area contributed by atoms with Crippen LogP contribution in [0.15, 0.2) is 18.2 Å². The van der Waals surface area contributed by atoms with E-state index in [1.165, 1.54) is 13.1 Å². The molecule has 1 N–H and O–H groups in total. The van der Waals surface area contributed by atoms with Gasteiger partial charge in [0.25, 0.3) is 0 Å². The summed E-state index contributed by atoms with van der Waals surface area (Å²) in [4.78, 5) is 1.05. The number of benzene rings is 1. The Kier molecular flexibility index (Phi) is 5.95. The molecule has 0 saturated heterocycles. The van der Waals surface area contributed by atoms with Gasteiger partial charge in [-0.1, -0.05) is 26.0 Å². The molecule has 1 aromatic rings. The summed E-state index contributed by atoms with van der Waals surface area (Å²) in [6, 6.07) is 4.83. The van der Waals surface area contributed by atoms with Crippen LogP contribution in [0.2, 0.25) is 0 Å². The molecule has 0 aliphatic carbocycles. The average Bonchev–Trinajstić information content (AvgIpc) is 2.27. The number of nitrogens with one attached hydrogen (secondary N) is 1. The van der Waals surface area contributed by atoms with E-state index in [1.807, 2.05) is 13.8 Å². The Bertz CT molecular complexity index is 430. The van der Waals surface area contributed by atoms with Crippen LogP contribution < -0.4 is 5.32 Å². The first-order valence-corrected chi connectivity index (χ1v) is 6.43. The molecule has 0 unspecified atom stereocenters. The van der Waals surface area contributed by atoms with Crippen molar-refractivity contribution in [3.63, 3.8) is 0 Å². The first-order valence-electron chi connectivity index (χ1n) is 6.43. The van der Waals surface area contributed by atoms with Gasteiger partial charge in [-0.2, -0.15) is 13.2 Å². The van der Waals surface area contributed by atoms with Gasteiger partial charge < -0.3 is 5.32 Å². The van der Waals surface area contributed by atoms with E-state index in [-0.39, 0.29) is 18.2 Å². The van der Waals surface area contributed by atoms with Crippen LogP contribution in [0.4, 0.5) is 17.6 Å². The second-order valence-corrected chi connectivity index (χ2v) is 5.25. The van der Waals surface area contributed by atoms with Gasteiger partial charge in [-0.3, -0.25) is 4.90 Å². The lowest BCUT2D eigenvalue weighted by Gasteiger charge is -2.19. The van der Waals surface area contributed by atoms with Crippen LogP contribution in [0.3, 0.4) is 0 Å². The topological polar surface area (TPSA) is 15.3 Å². The molecular formula is C14H20F4N2. The minimum absolute atomic E-state index is 0.0686. The third-order valence-corrected chi connectivity index (χ3v) is 2.71. The van der Waals surface area contributed by atoms with Gasteiger partial charge in [-0.25, -0.2) is 4.39 Å². The van der Waals surface area contributed by atoms with E-state index in [0.717, 1.165) is 10.5 Å². The first-order chi connectivity index (χ1) is 9.17. The Labute approximate surface area is 116 Å². The van der Waals surface area contributed by atoms with Gasteiger partial charge in [-0.05, 0) is 18.7 Å². The molecule has 0 aliphatic heterocycles. The predicted molar refractivity (Wildman–Crippen MR) is 70.8 cm³/mol. The van der Waals surface area contributed by atoms with Crippen LogP contribution in [0, 0.1) is 5.82 Å². The second kappa shape index (κ2) is 7.04. The Balaban J connectivity index is 2.71. The molecule has 0 bridgehead atoms. The molecule has 1 aromatic carbocycles. The van der Waals surface area contributed by atoms with Crippen molar-refractivity contribution in [2.75, 3.05) is 13.6 Å². The lowest BCUT2D eigenvalue weighted by atomic mass is 10.1. The maximum absolute atomic E-state index is 13.6. The van der Waals surface area contributed by atoms with Crippen molar-refractivity contribution in [1.29, 1.82) is 0 Å². The van der Waals surface area contributed by atoms with E-state index in [1.54, 1.807) is 12.1 Å². The minimum atomic E-state index is -4.28. The quantitative estimate of drug-likeness (QED) is 0.809. The van der Waals surface area contributed by atoms with E-state index >= 15 is 0 Å². The van der Waals surface area contributed by atoms with Crippen LogP contribution in [-0.4, -0.2) is 30.7 Å². The van der Waals surface area contributed by atoms with Gasteiger partial charge in [0.05, 0.1) is 6.54 Å². The summed E-state index contributed by atoms with van der Waals surface area (Å²) in [7, 11) is 1.33. The van der Waals surface area contributed by atoms with Crippen LogP contribution in [0.25, 0.3) is 0 Å². The molecule has 0 spiro atoms. The zero-order valence-corrected chi connectivity index (χ0v) is 11.9. The highest BCUT2D eigenvalue weighted by Crippen LogP contribution is 2.18. The zero-order chi connectivity index (χ0) is 15.3. The lowest BCUT2D eigenvalue weighted by molar-refractivity contribution is -0.144. The number of nitrogens with zero attached hydrogens (tertiary/aromatic N) is 1. The molecule has 0 radical (unpaired) electrons. The molecule has 0 aliphatic rings. The zero-order valence-electron chi connectivity index (χ0n) is 11.9. The van der Waals surface area contributed by atoms with Gasteiger partial charge in [0.15, 0.2) is 0 Å². The molecule has 2 nitrogen and oxygen atoms in total. The smallest absolute Gasteiger partial charge is 0.310 e. The van der Waals surface area contributed by atoms with Gasteiger partial charge in [-0.15, -0.1) is 0 Å². The third kappa shape index (κ3) is 6.34. The van der Waals surface area contributed by atoms with Crippen molar-refractivity contribution in [3.05, 3.63) is 35.1 Å². The fourth-order valence-electron chi connectivity index (χ4n) is 1.83. The molecule has 0 aromatic heterocycles. The highest BCUT2D eigenvalue weighted by molar-refractivity contribution is 5.25. The minimum Gasteiger partial charge on any atom is -0.310 e.